The first-order valence-corrected chi connectivity index (χ1v) is 4.56. The van der Waals surface area contributed by atoms with E-state index in [0.29, 0.717) is 17.2 Å². The van der Waals surface area contributed by atoms with E-state index in [1.54, 1.807) is 0 Å². The second-order valence-electron chi connectivity index (χ2n) is 3.38. The molecule has 0 saturated carbocycles. The van der Waals surface area contributed by atoms with Crippen molar-refractivity contribution in [2.24, 2.45) is 0 Å². The Morgan fingerprint density at radius 3 is 2.41 bits per heavy atom. The number of aromatic nitrogens is 1. The largest absolute Gasteiger partial charge is 1.00 e. The first-order chi connectivity index (χ1) is 7.50. The summed E-state index contributed by atoms with van der Waals surface area (Å²) >= 11 is 0. The van der Waals surface area contributed by atoms with Gasteiger partial charge in [0.05, 0.1) is 5.52 Å². The summed E-state index contributed by atoms with van der Waals surface area (Å²) in [5, 5.41) is 0.377. The SMILES string of the molecule is O=Cc1ccc2cc([B-](F)(F)F)ccc2n1.[K+]. The van der Waals surface area contributed by atoms with Crippen LogP contribution in [0.15, 0.2) is 30.3 Å². The second-order valence-corrected chi connectivity index (χ2v) is 3.38. The van der Waals surface area contributed by atoms with Crippen molar-refractivity contribution in [2.45, 2.75) is 0 Å². The summed E-state index contributed by atoms with van der Waals surface area (Å²) in [6, 6.07) is 6.13. The molecule has 0 radical (unpaired) electrons. The van der Waals surface area contributed by atoms with E-state index in [1.807, 2.05) is 0 Å². The van der Waals surface area contributed by atoms with Gasteiger partial charge in [0.2, 0.25) is 0 Å². The zero-order valence-corrected chi connectivity index (χ0v) is 12.2. The zero-order chi connectivity index (χ0) is 11.8. The van der Waals surface area contributed by atoms with Crippen molar-refractivity contribution >= 4 is 29.6 Å². The fourth-order valence-corrected chi connectivity index (χ4v) is 1.43. The van der Waals surface area contributed by atoms with E-state index in [9.17, 15) is 17.7 Å². The van der Waals surface area contributed by atoms with Gasteiger partial charge in [0.25, 0.3) is 0 Å². The molecule has 0 atom stereocenters. The third-order valence-corrected chi connectivity index (χ3v) is 2.23. The topological polar surface area (TPSA) is 30.0 Å². The maximum Gasteiger partial charge on any atom is 1.00 e. The molecule has 0 bridgehead atoms. The summed E-state index contributed by atoms with van der Waals surface area (Å²) in [4.78, 5) is 14.3. The maximum absolute atomic E-state index is 12.4. The Balaban J connectivity index is 0.00000144. The molecule has 1 aromatic carbocycles. The fraction of sp³-hybridized carbons (Fsp3) is 0. The maximum atomic E-state index is 12.4. The number of nitrogens with zero attached hydrogens (tertiary/aromatic N) is 1. The minimum Gasteiger partial charge on any atom is -0.445 e. The predicted octanol–water partition coefficient (Wildman–Crippen LogP) is -0.894. The molecule has 0 fully saturated rings. The number of halogens is 3. The average molecular weight is 263 g/mol. The van der Waals surface area contributed by atoms with E-state index in [2.05, 4.69) is 4.98 Å². The van der Waals surface area contributed by atoms with Gasteiger partial charge in [-0.05, 0) is 17.5 Å². The smallest absolute Gasteiger partial charge is 0.445 e. The Kier molecular flexibility index (Phi) is 4.91. The van der Waals surface area contributed by atoms with Crippen LogP contribution in [0.3, 0.4) is 0 Å². The van der Waals surface area contributed by atoms with Crippen molar-refractivity contribution in [3.05, 3.63) is 36.0 Å². The minimum absolute atomic E-state index is 0. The number of rotatable bonds is 2. The van der Waals surface area contributed by atoms with Crippen molar-refractivity contribution in [3.63, 3.8) is 0 Å². The van der Waals surface area contributed by atoms with Gasteiger partial charge in [-0.3, -0.25) is 4.79 Å². The molecule has 0 aliphatic heterocycles. The summed E-state index contributed by atoms with van der Waals surface area (Å²) in [7, 11) is 0. The third-order valence-electron chi connectivity index (χ3n) is 2.23. The van der Waals surface area contributed by atoms with Gasteiger partial charge in [-0.2, -0.15) is 0 Å². The number of carbonyl (C=O) groups excluding carboxylic acids is 1. The van der Waals surface area contributed by atoms with E-state index in [4.69, 9.17) is 0 Å². The molecule has 2 aromatic rings. The number of hydrogen-bond acceptors (Lipinski definition) is 2. The predicted molar refractivity (Wildman–Crippen MR) is 55.8 cm³/mol. The number of carbonyl (C=O) groups is 1. The van der Waals surface area contributed by atoms with Crippen LogP contribution < -0.4 is 56.8 Å². The number of benzene rings is 1. The molecular weight excluding hydrogens is 257 g/mol. The molecule has 0 amide bonds. The first-order valence-electron chi connectivity index (χ1n) is 4.56. The minimum atomic E-state index is -5.00. The summed E-state index contributed by atoms with van der Waals surface area (Å²) in [6.07, 6.45) is 0.557. The van der Waals surface area contributed by atoms with Crippen LogP contribution in [0.2, 0.25) is 0 Å². The van der Waals surface area contributed by atoms with E-state index in [-0.39, 0.29) is 57.1 Å². The molecule has 1 heterocycles. The van der Waals surface area contributed by atoms with Crippen molar-refractivity contribution in [1.82, 2.24) is 4.98 Å². The molecular formula is C10H6BF3KNO. The molecule has 0 aliphatic rings. The summed E-state index contributed by atoms with van der Waals surface area (Å²) < 4.78 is 37.3. The van der Waals surface area contributed by atoms with Gasteiger partial charge in [0.15, 0.2) is 6.29 Å². The second kappa shape index (κ2) is 5.62. The summed E-state index contributed by atoms with van der Waals surface area (Å²) in [6.45, 7) is -5.00. The fourth-order valence-electron chi connectivity index (χ4n) is 1.43. The van der Waals surface area contributed by atoms with E-state index >= 15 is 0 Å². The van der Waals surface area contributed by atoms with Gasteiger partial charge in [0.1, 0.15) is 5.69 Å². The molecule has 2 nitrogen and oxygen atoms in total. The average Bonchev–Trinajstić information content (AvgIpc) is 2.26. The van der Waals surface area contributed by atoms with Crippen molar-refractivity contribution in [3.8, 4) is 0 Å². The van der Waals surface area contributed by atoms with Crippen molar-refractivity contribution in [2.75, 3.05) is 0 Å². The number of fused-ring (bicyclic) bond motifs is 1. The quantitative estimate of drug-likeness (QED) is 0.519. The summed E-state index contributed by atoms with van der Waals surface area (Å²) in [5.74, 6) is 0. The van der Waals surface area contributed by atoms with Crippen LogP contribution in [0.5, 0.6) is 0 Å². The third kappa shape index (κ3) is 3.38. The monoisotopic (exact) mass is 263 g/mol. The Hall–Kier alpha value is -0.209. The van der Waals surface area contributed by atoms with Crippen LogP contribution in [-0.2, 0) is 0 Å². The molecule has 1 aromatic heterocycles. The van der Waals surface area contributed by atoms with Gasteiger partial charge >= 0.3 is 58.4 Å². The van der Waals surface area contributed by atoms with Crippen molar-refractivity contribution < 1.29 is 69.1 Å². The standard InChI is InChI=1S/C10H6BF3NO.K/c12-11(13,14)8-2-4-10-7(5-8)1-3-9(6-16)15-10;/h1-6H;/q-1;+1. The van der Waals surface area contributed by atoms with Gasteiger partial charge in [-0.15, -0.1) is 5.46 Å². The number of hydrogen-bond donors (Lipinski definition) is 0. The van der Waals surface area contributed by atoms with Crippen LogP contribution in [0.1, 0.15) is 10.5 Å². The Labute approximate surface area is 138 Å². The van der Waals surface area contributed by atoms with E-state index < -0.39 is 12.4 Å². The number of pyridine rings is 1. The molecule has 0 aliphatic carbocycles. The van der Waals surface area contributed by atoms with Crippen LogP contribution in [0, 0.1) is 0 Å². The first kappa shape index (κ1) is 14.9. The van der Waals surface area contributed by atoms with Crippen LogP contribution in [0.4, 0.5) is 12.9 Å². The molecule has 0 N–H and O–H groups in total. The van der Waals surface area contributed by atoms with E-state index in [1.165, 1.54) is 18.2 Å². The van der Waals surface area contributed by atoms with Gasteiger partial charge in [0, 0.05) is 0 Å². The van der Waals surface area contributed by atoms with Crippen LogP contribution in [-0.4, -0.2) is 18.2 Å². The Morgan fingerprint density at radius 1 is 1.12 bits per heavy atom. The molecule has 17 heavy (non-hydrogen) atoms. The van der Waals surface area contributed by atoms with Gasteiger partial charge < -0.3 is 12.9 Å². The Morgan fingerprint density at radius 2 is 1.82 bits per heavy atom. The van der Waals surface area contributed by atoms with Gasteiger partial charge in [-0.1, -0.05) is 18.2 Å². The van der Waals surface area contributed by atoms with Crippen LogP contribution in [0.25, 0.3) is 10.9 Å². The van der Waals surface area contributed by atoms with Gasteiger partial charge in [-0.25, -0.2) is 4.98 Å². The van der Waals surface area contributed by atoms with Crippen LogP contribution >= 0.6 is 0 Å². The molecule has 0 unspecified atom stereocenters. The molecule has 7 heteroatoms. The molecule has 82 valence electrons. The molecule has 0 saturated heterocycles. The Bertz CT molecular complexity index is 559. The number of aldehydes is 1. The molecule has 2 rings (SSSR count). The molecule has 0 spiro atoms. The zero-order valence-electron chi connectivity index (χ0n) is 9.03. The normalized spacial score (nSPS) is 11.0. The van der Waals surface area contributed by atoms with E-state index in [0.717, 1.165) is 12.1 Å². The van der Waals surface area contributed by atoms with Crippen molar-refractivity contribution in [1.29, 1.82) is 0 Å². The summed E-state index contributed by atoms with van der Waals surface area (Å²) in [5.41, 5.74) is -0.0701.